The molecule has 3 fully saturated rings. The molecule has 1 amide bonds. The zero-order chi connectivity index (χ0) is 14.0. The van der Waals surface area contributed by atoms with Crippen LogP contribution in [-0.2, 0) is 9.53 Å². The molecule has 2 aliphatic carbocycles. The molecule has 2 N–H and O–H groups in total. The van der Waals surface area contributed by atoms with E-state index in [1.54, 1.807) is 0 Å². The highest BCUT2D eigenvalue weighted by Gasteiger charge is 2.41. The highest BCUT2D eigenvalue weighted by atomic mass is 16.5. The van der Waals surface area contributed by atoms with Gasteiger partial charge >= 0.3 is 0 Å². The quantitative estimate of drug-likeness (QED) is 0.861. The van der Waals surface area contributed by atoms with Crippen LogP contribution >= 0.6 is 0 Å². The summed E-state index contributed by atoms with van der Waals surface area (Å²) in [5.74, 6) is 0.331. The second-order valence-electron chi connectivity index (χ2n) is 6.94. The molecule has 0 radical (unpaired) electrons. The molecule has 1 heterocycles. The van der Waals surface area contributed by atoms with Crippen LogP contribution in [0.5, 0.6) is 0 Å². The number of hydrogen-bond acceptors (Lipinski definition) is 3. The minimum Gasteiger partial charge on any atom is -0.374 e. The van der Waals surface area contributed by atoms with E-state index < -0.39 is 0 Å². The molecule has 4 heteroatoms. The Hall–Kier alpha value is -0.610. The Morgan fingerprint density at radius 2 is 2.00 bits per heavy atom. The summed E-state index contributed by atoms with van der Waals surface area (Å²) in [6.45, 7) is 2.15. The van der Waals surface area contributed by atoms with Crippen molar-refractivity contribution in [2.45, 2.75) is 69.9 Å². The molecule has 3 rings (SSSR count). The minimum absolute atomic E-state index is 0.0851. The van der Waals surface area contributed by atoms with Gasteiger partial charge in [0.1, 0.15) is 0 Å². The summed E-state index contributed by atoms with van der Waals surface area (Å²) < 4.78 is 5.81. The first-order valence-electron chi connectivity index (χ1n) is 8.35. The third kappa shape index (κ3) is 2.73. The van der Waals surface area contributed by atoms with Crippen molar-refractivity contribution in [3.63, 3.8) is 0 Å². The Bertz CT molecular complexity index is 352. The van der Waals surface area contributed by atoms with E-state index in [-0.39, 0.29) is 5.41 Å². The van der Waals surface area contributed by atoms with Crippen molar-refractivity contribution >= 4 is 5.91 Å². The van der Waals surface area contributed by atoms with Gasteiger partial charge < -0.3 is 15.4 Å². The van der Waals surface area contributed by atoms with Crippen molar-refractivity contribution in [1.82, 2.24) is 4.90 Å². The fourth-order valence-electron chi connectivity index (χ4n) is 4.41. The maximum atomic E-state index is 12.8. The molecule has 0 aromatic rings. The number of ether oxygens (including phenoxy) is 1. The summed E-state index contributed by atoms with van der Waals surface area (Å²) in [7, 11) is 0. The zero-order valence-corrected chi connectivity index (χ0v) is 12.5. The van der Waals surface area contributed by atoms with Crippen molar-refractivity contribution in [3.8, 4) is 0 Å². The van der Waals surface area contributed by atoms with Crippen LogP contribution in [0.3, 0.4) is 0 Å². The van der Waals surface area contributed by atoms with Crippen LogP contribution in [0, 0.1) is 5.41 Å². The lowest BCUT2D eigenvalue weighted by atomic mass is 9.71. The van der Waals surface area contributed by atoms with Gasteiger partial charge in [-0.2, -0.15) is 0 Å². The number of morpholine rings is 1. The van der Waals surface area contributed by atoms with Gasteiger partial charge in [-0.3, -0.25) is 4.79 Å². The molecular weight excluding hydrogens is 252 g/mol. The molecular formula is C16H28N2O2. The van der Waals surface area contributed by atoms with Crippen molar-refractivity contribution in [1.29, 1.82) is 0 Å². The van der Waals surface area contributed by atoms with E-state index in [1.165, 1.54) is 25.7 Å². The normalized spacial score (nSPS) is 33.0. The average Bonchev–Trinajstić information content (AvgIpc) is 2.96. The Morgan fingerprint density at radius 1 is 1.20 bits per heavy atom. The largest absolute Gasteiger partial charge is 0.374 e. The predicted octanol–water partition coefficient (Wildman–Crippen LogP) is 2.07. The molecule has 0 aromatic carbocycles. The maximum absolute atomic E-state index is 12.8. The van der Waals surface area contributed by atoms with Crippen LogP contribution in [-0.4, -0.2) is 42.6 Å². The summed E-state index contributed by atoms with van der Waals surface area (Å²) in [5.41, 5.74) is 6.11. The lowest BCUT2D eigenvalue weighted by molar-refractivity contribution is -0.146. The van der Waals surface area contributed by atoms with E-state index in [0.717, 1.165) is 32.2 Å². The van der Waals surface area contributed by atoms with Crippen LogP contribution in [0.1, 0.15) is 57.8 Å². The number of fused-ring (bicyclic) bond motifs is 1. The summed E-state index contributed by atoms with van der Waals surface area (Å²) >= 11 is 0. The molecule has 114 valence electrons. The summed E-state index contributed by atoms with van der Waals surface area (Å²) in [6.07, 6.45) is 10.4. The lowest BCUT2D eigenvalue weighted by Crippen LogP contribution is -2.52. The number of nitrogens with zero attached hydrogens (tertiary/aromatic N) is 1. The van der Waals surface area contributed by atoms with E-state index in [0.29, 0.717) is 37.6 Å². The van der Waals surface area contributed by atoms with Gasteiger partial charge in [-0.05, 0) is 44.1 Å². The summed E-state index contributed by atoms with van der Waals surface area (Å²) in [5, 5.41) is 0. The first kappa shape index (κ1) is 14.3. The number of amides is 1. The number of rotatable bonds is 3. The first-order valence-corrected chi connectivity index (χ1v) is 8.35. The highest BCUT2D eigenvalue weighted by Crippen LogP contribution is 2.40. The fourth-order valence-corrected chi connectivity index (χ4v) is 4.41. The highest BCUT2D eigenvalue weighted by molar-refractivity contribution is 5.77. The average molecular weight is 280 g/mol. The van der Waals surface area contributed by atoms with Gasteiger partial charge in [0.05, 0.1) is 18.8 Å². The van der Waals surface area contributed by atoms with Crippen LogP contribution in [0.25, 0.3) is 0 Å². The molecule has 4 nitrogen and oxygen atoms in total. The fraction of sp³-hybridized carbons (Fsp3) is 0.938. The van der Waals surface area contributed by atoms with Gasteiger partial charge in [-0.1, -0.05) is 19.3 Å². The molecule has 2 saturated carbocycles. The van der Waals surface area contributed by atoms with E-state index in [4.69, 9.17) is 10.5 Å². The zero-order valence-electron chi connectivity index (χ0n) is 12.5. The third-order valence-electron chi connectivity index (χ3n) is 5.68. The van der Waals surface area contributed by atoms with E-state index in [2.05, 4.69) is 4.90 Å². The molecule has 20 heavy (non-hydrogen) atoms. The summed E-state index contributed by atoms with van der Waals surface area (Å²) in [6, 6.07) is 0.342. The van der Waals surface area contributed by atoms with E-state index in [1.807, 2.05) is 0 Å². The van der Waals surface area contributed by atoms with E-state index >= 15 is 0 Å². The van der Waals surface area contributed by atoms with Crippen molar-refractivity contribution in [3.05, 3.63) is 0 Å². The van der Waals surface area contributed by atoms with Gasteiger partial charge in [0.25, 0.3) is 0 Å². The van der Waals surface area contributed by atoms with Gasteiger partial charge in [0.2, 0.25) is 5.91 Å². The second-order valence-corrected chi connectivity index (χ2v) is 6.94. The lowest BCUT2D eigenvalue weighted by Gasteiger charge is -2.41. The van der Waals surface area contributed by atoms with E-state index in [9.17, 15) is 4.79 Å². The van der Waals surface area contributed by atoms with Crippen LogP contribution in [0.4, 0.5) is 0 Å². The van der Waals surface area contributed by atoms with Crippen LogP contribution in [0.2, 0.25) is 0 Å². The molecule has 1 aliphatic heterocycles. The van der Waals surface area contributed by atoms with Gasteiger partial charge in [0.15, 0.2) is 0 Å². The number of nitrogens with two attached hydrogens (primary N) is 1. The molecule has 2 unspecified atom stereocenters. The molecule has 0 bridgehead atoms. The Kier molecular flexibility index (Phi) is 4.32. The molecule has 2 atom stereocenters. The molecule has 3 aliphatic rings. The standard InChI is InChI=1S/C16H28N2O2/c17-12-16(7-2-1-3-8-16)11-15(19)18-9-10-20-14-6-4-5-13(14)18/h13-14H,1-12,17H2. The number of hydrogen-bond donors (Lipinski definition) is 1. The monoisotopic (exact) mass is 280 g/mol. The van der Waals surface area contributed by atoms with Crippen molar-refractivity contribution < 1.29 is 9.53 Å². The van der Waals surface area contributed by atoms with Crippen LogP contribution < -0.4 is 5.73 Å². The number of carbonyl (C=O) groups excluding carboxylic acids is 1. The molecule has 1 saturated heterocycles. The maximum Gasteiger partial charge on any atom is 0.223 e. The second kappa shape index (κ2) is 6.02. The van der Waals surface area contributed by atoms with Crippen molar-refractivity contribution in [2.75, 3.05) is 19.7 Å². The number of carbonyl (C=O) groups is 1. The Balaban J connectivity index is 1.65. The first-order chi connectivity index (χ1) is 9.74. The Labute approximate surface area is 122 Å². The topological polar surface area (TPSA) is 55.6 Å². The van der Waals surface area contributed by atoms with Gasteiger partial charge in [-0.25, -0.2) is 0 Å². The van der Waals surface area contributed by atoms with Crippen LogP contribution in [0.15, 0.2) is 0 Å². The van der Waals surface area contributed by atoms with Crippen molar-refractivity contribution in [2.24, 2.45) is 11.1 Å². The van der Waals surface area contributed by atoms with Gasteiger partial charge in [-0.15, -0.1) is 0 Å². The smallest absolute Gasteiger partial charge is 0.223 e. The third-order valence-corrected chi connectivity index (χ3v) is 5.68. The summed E-state index contributed by atoms with van der Waals surface area (Å²) in [4.78, 5) is 14.9. The molecule has 0 aromatic heterocycles. The van der Waals surface area contributed by atoms with Gasteiger partial charge in [0, 0.05) is 13.0 Å². The minimum atomic E-state index is 0.0851. The predicted molar refractivity (Wildman–Crippen MR) is 78.3 cm³/mol. The molecule has 0 spiro atoms. The SMILES string of the molecule is NCC1(CC(=O)N2CCOC3CCCC32)CCCCC1. The Morgan fingerprint density at radius 3 is 2.75 bits per heavy atom.